The number of thiophene rings is 1. The number of nitrogens with one attached hydrogen (secondary N) is 1. The first-order valence-electron chi connectivity index (χ1n) is 9.11. The lowest BCUT2D eigenvalue weighted by molar-refractivity contribution is -0.0211. The highest BCUT2D eigenvalue weighted by atomic mass is 35.5. The Labute approximate surface area is 167 Å². The van der Waals surface area contributed by atoms with Crippen molar-refractivity contribution in [3.63, 3.8) is 0 Å². The predicted octanol–water partition coefficient (Wildman–Crippen LogP) is 3.59. The SMILES string of the molecule is CC1NN=CC1c1cc(C(=O)N2CCC(O)(c3ccc(Cl)cc3)CC2)cs1. The highest BCUT2D eigenvalue weighted by Crippen LogP contribution is 2.34. The number of hydrogen-bond donors (Lipinski definition) is 2. The molecule has 3 heterocycles. The standard InChI is InChI=1S/C20H22ClN3O2S/c1-13-17(11-22-23-13)18-10-14(12-27-18)19(25)24-8-6-20(26,7-9-24)15-2-4-16(21)5-3-15/h2-5,10-13,17,23,26H,6-9H2,1H3. The summed E-state index contributed by atoms with van der Waals surface area (Å²) in [6.45, 7) is 3.15. The Bertz CT molecular complexity index is 856. The summed E-state index contributed by atoms with van der Waals surface area (Å²) in [4.78, 5) is 15.9. The molecule has 2 aliphatic heterocycles. The number of hydrogen-bond acceptors (Lipinski definition) is 5. The lowest BCUT2D eigenvalue weighted by Gasteiger charge is -2.38. The number of amides is 1. The second-order valence-corrected chi connectivity index (χ2v) is 8.67. The van der Waals surface area contributed by atoms with Gasteiger partial charge in [-0.15, -0.1) is 11.3 Å². The summed E-state index contributed by atoms with van der Waals surface area (Å²) >= 11 is 7.54. The van der Waals surface area contributed by atoms with E-state index in [1.54, 1.807) is 23.5 Å². The quantitative estimate of drug-likeness (QED) is 0.823. The number of aliphatic hydroxyl groups is 1. The van der Waals surface area contributed by atoms with Crippen LogP contribution in [0.2, 0.25) is 5.02 Å². The van der Waals surface area contributed by atoms with Crippen molar-refractivity contribution in [3.8, 4) is 0 Å². The van der Waals surface area contributed by atoms with Gasteiger partial charge in [-0.25, -0.2) is 0 Å². The summed E-state index contributed by atoms with van der Waals surface area (Å²) < 4.78 is 0. The highest BCUT2D eigenvalue weighted by Gasteiger charge is 2.36. The minimum Gasteiger partial charge on any atom is -0.385 e. The molecule has 0 bridgehead atoms. The molecular weight excluding hydrogens is 382 g/mol. The normalized spacial score (nSPS) is 24.0. The zero-order chi connectivity index (χ0) is 19.0. The smallest absolute Gasteiger partial charge is 0.254 e. The van der Waals surface area contributed by atoms with E-state index in [1.807, 2.05) is 34.7 Å². The Kier molecular flexibility index (Phi) is 4.97. The van der Waals surface area contributed by atoms with Crippen molar-refractivity contribution in [1.82, 2.24) is 10.3 Å². The third kappa shape index (κ3) is 3.61. The molecule has 142 valence electrons. The van der Waals surface area contributed by atoms with Gasteiger partial charge >= 0.3 is 0 Å². The lowest BCUT2D eigenvalue weighted by atomic mass is 9.84. The van der Waals surface area contributed by atoms with Gasteiger partial charge < -0.3 is 15.4 Å². The van der Waals surface area contributed by atoms with Crippen molar-refractivity contribution in [2.75, 3.05) is 13.1 Å². The van der Waals surface area contributed by atoms with Gasteiger partial charge in [0.15, 0.2) is 0 Å². The Morgan fingerprint density at radius 1 is 1.33 bits per heavy atom. The highest BCUT2D eigenvalue weighted by molar-refractivity contribution is 7.10. The van der Waals surface area contributed by atoms with E-state index in [1.165, 1.54) is 0 Å². The first kappa shape index (κ1) is 18.5. The third-order valence-electron chi connectivity index (χ3n) is 5.51. The van der Waals surface area contributed by atoms with E-state index >= 15 is 0 Å². The maximum Gasteiger partial charge on any atom is 0.254 e. The van der Waals surface area contributed by atoms with E-state index in [2.05, 4.69) is 17.5 Å². The van der Waals surface area contributed by atoms with Gasteiger partial charge in [-0.3, -0.25) is 4.79 Å². The van der Waals surface area contributed by atoms with Crippen molar-refractivity contribution < 1.29 is 9.90 Å². The molecule has 2 N–H and O–H groups in total. The van der Waals surface area contributed by atoms with Gasteiger partial charge in [0.1, 0.15) is 0 Å². The number of rotatable bonds is 3. The maximum absolute atomic E-state index is 12.9. The molecule has 1 aromatic carbocycles. The maximum atomic E-state index is 12.9. The van der Waals surface area contributed by atoms with Crippen LogP contribution in [0.3, 0.4) is 0 Å². The van der Waals surface area contributed by atoms with E-state index in [0.717, 1.165) is 16.0 Å². The minimum absolute atomic E-state index is 0.0335. The Morgan fingerprint density at radius 2 is 2.04 bits per heavy atom. The van der Waals surface area contributed by atoms with Crippen molar-refractivity contribution in [2.45, 2.75) is 37.3 Å². The number of carbonyl (C=O) groups excluding carboxylic acids is 1. The molecule has 0 spiro atoms. The number of hydrazone groups is 1. The molecule has 0 saturated carbocycles. The molecule has 2 atom stereocenters. The average molecular weight is 404 g/mol. The van der Waals surface area contributed by atoms with Crippen LogP contribution in [0.15, 0.2) is 40.8 Å². The fourth-order valence-electron chi connectivity index (χ4n) is 3.72. The number of piperidine rings is 1. The van der Waals surface area contributed by atoms with E-state index < -0.39 is 5.60 Å². The van der Waals surface area contributed by atoms with E-state index in [0.29, 0.717) is 31.0 Å². The topological polar surface area (TPSA) is 64.9 Å². The molecule has 0 radical (unpaired) electrons. The molecule has 2 aliphatic rings. The second-order valence-electron chi connectivity index (χ2n) is 7.29. The van der Waals surface area contributed by atoms with Crippen LogP contribution in [0.5, 0.6) is 0 Å². The summed E-state index contributed by atoms with van der Waals surface area (Å²) in [5.74, 6) is 0.249. The van der Waals surface area contributed by atoms with Crippen molar-refractivity contribution >= 4 is 35.1 Å². The predicted molar refractivity (Wildman–Crippen MR) is 109 cm³/mol. The minimum atomic E-state index is -0.900. The monoisotopic (exact) mass is 403 g/mol. The van der Waals surface area contributed by atoms with Crippen LogP contribution in [-0.2, 0) is 5.60 Å². The molecule has 2 unspecified atom stereocenters. The number of likely N-dealkylation sites (tertiary alicyclic amines) is 1. The van der Waals surface area contributed by atoms with Crippen LogP contribution in [-0.4, -0.2) is 41.3 Å². The molecule has 4 rings (SSSR count). The second kappa shape index (κ2) is 7.26. The van der Waals surface area contributed by atoms with Crippen LogP contribution in [0.4, 0.5) is 0 Å². The zero-order valence-electron chi connectivity index (χ0n) is 15.1. The Morgan fingerprint density at radius 3 is 2.67 bits per heavy atom. The van der Waals surface area contributed by atoms with Gasteiger partial charge in [-0.05, 0) is 43.5 Å². The molecule has 2 aromatic rings. The lowest BCUT2D eigenvalue weighted by Crippen LogP contribution is -2.45. The zero-order valence-corrected chi connectivity index (χ0v) is 16.6. The molecule has 0 aliphatic carbocycles. The summed E-state index contributed by atoms with van der Waals surface area (Å²) in [5, 5.41) is 17.7. The third-order valence-corrected chi connectivity index (χ3v) is 6.79. The van der Waals surface area contributed by atoms with E-state index in [4.69, 9.17) is 11.6 Å². The van der Waals surface area contributed by atoms with Crippen LogP contribution >= 0.6 is 22.9 Å². The number of halogens is 1. The fraction of sp³-hybridized carbons (Fsp3) is 0.400. The molecule has 1 aromatic heterocycles. The molecular formula is C20H22ClN3O2S. The average Bonchev–Trinajstić information content (AvgIpc) is 3.31. The summed E-state index contributed by atoms with van der Waals surface area (Å²) in [6, 6.07) is 9.54. The molecule has 5 nitrogen and oxygen atoms in total. The summed E-state index contributed by atoms with van der Waals surface area (Å²) in [5.41, 5.74) is 3.72. The van der Waals surface area contributed by atoms with Gasteiger partial charge in [0.25, 0.3) is 5.91 Å². The fourth-order valence-corrected chi connectivity index (χ4v) is 4.90. The van der Waals surface area contributed by atoms with E-state index in [9.17, 15) is 9.90 Å². The summed E-state index contributed by atoms with van der Waals surface area (Å²) in [6.07, 6.45) is 2.94. The van der Waals surface area contributed by atoms with E-state index in [-0.39, 0.29) is 17.9 Å². The van der Waals surface area contributed by atoms with Gasteiger partial charge in [-0.2, -0.15) is 5.10 Å². The van der Waals surface area contributed by atoms with Crippen LogP contribution in [0, 0.1) is 0 Å². The molecule has 7 heteroatoms. The molecule has 1 saturated heterocycles. The van der Waals surface area contributed by atoms with Crippen LogP contribution in [0.1, 0.15) is 46.5 Å². The molecule has 1 amide bonds. The van der Waals surface area contributed by atoms with Crippen molar-refractivity contribution in [3.05, 3.63) is 56.7 Å². The van der Waals surface area contributed by atoms with Gasteiger partial charge in [0.2, 0.25) is 0 Å². The summed E-state index contributed by atoms with van der Waals surface area (Å²) in [7, 11) is 0. The van der Waals surface area contributed by atoms with Crippen LogP contribution in [0.25, 0.3) is 0 Å². The Balaban J connectivity index is 1.42. The first-order chi connectivity index (χ1) is 13.0. The van der Waals surface area contributed by atoms with Crippen LogP contribution < -0.4 is 5.43 Å². The molecule has 27 heavy (non-hydrogen) atoms. The van der Waals surface area contributed by atoms with Gasteiger partial charge in [0.05, 0.1) is 23.1 Å². The first-order valence-corrected chi connectivity index (χ1v) is 10.4. The molecule has 1 fully saturated rings. The van der Waals surface area contributed by atoms with Gasteiger partial charge in [0, 0.05) is 34.6 Å². The number of nitrogens with zero attached hydrogens (tertiary/aromatic N) is 2. The van der Waals surface area contributed by atoms with Crippen molar-refractivity contribution in [2.24, 2.45) is 5.10 Å². The van der Waals surface area contributed by atoms with Crippen molar-refractivity contribution in [1.29, 1.82) is 0 Å². The largest absolute Gasteiger partial charge is 0.385 e. The number of carbonyl (C=O) groups is 1. The number of benzene rings is 1. The Hall–Kier alpha value is -1.89. The van der Waals surface area contributed by atoms with Gasteiger partial charge in [-0.1, -0.05) is 23.7 Å².